The summed E-state index contributed by atoms with van der Waals surface area (Å²) in [4.78, 5) is 3.89. The fraction of sp³-hybridized carbons (Fsp3) is 0.308. The summed E-state index contributed by atoms with van der Waals surface area (Å²) in [7, 11) is 0. The van der Waals surface area contributed by atoms with Crippen molar-refractivity contribution in [2.45, 2.75) is 17.7 Å². The van der Waals surface area contributed by atoms with Crippen LogP contribution in [0.25, 0.3) is 6.08 Å². The van der Waals surface area contributed by atoms with E-state index in [9.17, 15) is 17.6 Å². The number of halogens is 5. The van der Waals surface area contributed by atoms with Crippen molar-refractivity contribution in [1.82, 2.24) is 4.98 Å². The molecule has 0 N–H and O–H groups in total. The van der Waals surface area contributed by atoms with E-state index in [2.05, 4.69) is 4.98 Å². The molecule has 20 heavy (non-hydrogen) atoms. The SMILES string of the molecule is FC(F)(F)C1(F)C=CC=CC1C=Cc1nc(CCl)co1. The fourth-order valence-corrected chi connectivity index (χ4v) is 1.89. The predicted octanol–water partition coefficient (Wildman–Crippen LogP) is 4.44. The lowest BCUT2D eigenvalue weighted by molar-refractivity contribution is -0.219. The molecule has 0 saturated heterocycles. The van der Waals surface area contributed by atoms with E-state index in [1.807, 2.05) is 0 Å². The molecule has 1 aliphatic rings. The number of allylic oxidation sites excluding steroid dienone is 5. The van der Waals surface area contributed by atoms with E-state index in [0.29, 0.717) is 11.8 Å². The summed E-state index contributed by atoms with van der Waals surface area (Å²) in [5, 5.41) is 0. The average molecular weight is 308 g/mol. The number of aromatic nitrogens is 1. The molecule has 1 aromatic rings. The molecule has 2 atom stereocenters. The molecule has 0 aromatic carbocycles. The molecule has 7 heteroatoms. The quantitative estimate of drug-likeness (QED) is 0.609. The van der Waals surface area contributed by atoms with E-state index in [1.165, 1.54) is 18.4 Å². The third-order valence-electron chi connectivity index (χ3n) is 2.84. The topological polar surface area (TPSA) is 26.0 Å². The van der Waals surface area contributed by atoms with Gasteiger partial charge in [-0.1, -0.05) is 24.3 Å². The minimum absolute atomic E-state index is 0.0770. The summed E-state index contributed by atoms with van der Waals surface area (Å²) in [5.41, 5.74) is -2.98. The zero-order valence-corrected chi connectivity index (χ0v) is 10.8. The first-order valence-electron chi connectivity index (χ1n) is 5.67. The lowest BCUT2D eigenvalue weighted by Crippen LogP contribution is -2.45. The Hall–Kier alpha value is -1.56. The normalized spacial score (nSPS) is 26.6. The summed E-state index contributed by atoms with van der Waals surface area (Å²) in [6, 6.07) is 0. The van der Waals surface area contributed by atoms with E-state index in [0.717, 1.165) is 18.2 Å². The maximum absolute atomic E-state index is 14.1. The molecule has 0 bridgehead atoms. The number of hydrogen-bond donors (Lipinski definition) is 0. The van der Waals surface area contributed by atoms with Gasteiger partial charge in [0, 0.05) is 5.92 Å². The van der Waals surface area contributed by atoms with Crippen molar-refractivity contribution in [2.24, 2.45) is 5.92 Å². The van der Waals surface area contributed by atoms with Crippen LogP contribution in [0.15, 0.2) is 41.1 Å². The molecule has 0 aliphatic heterocycles. The van der Waals surface area contributed by atoms with E-state index in [1.54, 1.807) is 0 Å². The van der Waals surface area contributed by atoms with Gasteiger partial charge in [-0.05, 0) is 12.2 Å². The van der Waals surface area contributed by atoms with Crippen molar-refractivity contribution in [3.63, 3.8) is 0 Å². The standard InChI is InChI=1S/C13H10ClF4NO/c14-7-10-8-20-11(19-10)5-4-9-3-1-2-6-12(9,15)13(16,17)18/h1-6,8-9H,7H2. The first kappa shape index (κ1) is 14.8. The van der Waals surface area contributed by atoms with Crippen molar-refractivity contribution >= 4 is 17.7 Å². The number of nitrogens with zero attached hydrogens (tertiary/aromatic N) is 1. The largest absolute Gasteiger partial charge is 0.445 e. The second-order valence-corrected chi connectivity index (χ2v) is 4.47. The Bertz CT molecular complexity index is 561. The average Bonchev–Trinajstić information content (AvgIpc) is 2.84. The number of alkyl halides is 5. The monoisotopic (exact) mass is 307 g/mol. The maximum Gasteiger partial charge on any atom is 0.427 e. The van der Waals surface area contributed by atoms with Crippen molar-refractivity contribution in [1.29, 1.82) is 0 Å². The minimum Gasteiger partial charge on any atom is -0.445 e. The van der Waals surface area contributed by atoms with Gasteiger partial charge >= 0.3 is 6.18 Å². The van der Waals surface area contributed by atoms with E-state index < -0.39 is 17.8 Å². The van der Waals surface area contributed by atoms with Gasteiger partial charge in [-0.3, -0.25) is 0 Å². The first-order valence-corrected chi connectivity index (χ1v) is 6.20. The Kier molecular flexibility index (Phi) is 4.04. The highest BCUT2D eigenvalue weighted by atomic mass is 35.5. The van der Waals surface area contributed by atoms with Crippen LogP contribution in [0.2, 0.25) is 0 Å². The summed E-state index contributed by atoms with van der Waals surface area (Å²) >= 11 is 5.52. The molecule has 1 heterocycles. The summed E-state index contributed by atoms with van der Waals surface area (Å²) < 4.78 is 57.5. The molecule has 0 spiro atoms. The Morgan fingerprint density at radius 3 is 2.75 bits per heavy atom. The Labute approximate surface area is 117 Å². The molecule has 0 saturated carbocycles. The molecule has 2 nitrogen and oxygen atoms in total. The lowest BCUT2D eigenvalue weighted by atomic mass is 9.84. The third kappa shape index (κ3) is 2.80. The van der Waals surface area contributed by atoms with Crippen molar-refractivity contribution in [3.8, 4) is 0 Å². The summed E-state index contributed by atoms with van der Waals surface area (Å²) in [6.07, 6.45) is 2.59. The number of hydrogen-bond acceptors (Lipinski definition) is 2. The fourth-order valence-electron chi connectivity index (χ4n) is 1.76. The van der Waals surface area contributed by atoms with Crippen molar-refractivity contribution in [2.75, 3.05) is 0 Å². The van der Waals surface area contributed by atoms with E-state index in [-0.39, 0.29) is 11.8 Å². The third-order valence-corrected chi connectivity index (χ3v) is 3.11. The van der Waals surface area contributed by atoms with E-state index >= 15 is 0 Å². The van der Waals surface area contributed by atoms with Gasteiger partial charge in [0.2, 0.25) is 11.6 Å². The van der Waals surface area contributed by atoms with E-state index in [4.69, 9.17) is 16.0 Å². The van der Waals surface area contributed by atoms with Crippen LogP contribution in [-0.4, -0.2) is 16.8 Å². The van der Waals surface area contributed by atoms with Crippen LogP contribution in [0, 0.1) is 5.92 Å². The van der Waals surface area contributed by atoms with Crippen LogP contribution < -0.4 is 0 Å². The second-order valence-electron chi connectivity index (χ2n) is 4.21. The van der Waals surface area contributed by atoms with Crippen LogP contribution in [0.3, 0.4) is 0 Å². The van der Waals surface area contributed by atoms with Gasteiger partial charge < -0.3 is 4.42 Å². The molecule has 2 rings (SSSR count). The van der Waals surface area contributed by atoms with Crippen LogP contribution >= 0.6 is 11.6 Å². The van der Waals surface area contributed by atoms with Crippen LogP contribution in [-0.2, 0) is 5.88 Å². The molecule has 1 aliphatic carbocycles. The van der Waals surface area contributed by atoms with Crippen molar-refractivity contribution < 1.29 is 22.0 Å². The van der Waals surface area contributed by atoms with Crippen molar-refractivity contribution in [3.05, 3.63) is 48.2 Å². The summed E-state index contributed by atoms with van der Waals surface area (Å²) in [5.74, 6) is -1.27. The highest BCUT2D eigenvalue weighted by molar-refractivity contribution is 6.16. The van der Waals surface area contributed by atoms with Gasteiger partial charge in [0.15, 0.2) is 0 Å². The van der Waals surface area contributed by atoms with Gasteiger partial charge in [-0.15, -0.1) is 11.6 Å². The van der Waals surface area contributed by atoms with Crippen LogP contribution in [0.4, 0.5) is 17.6 Å². The van der Waals surface area contributed by atoms with Gasteiger partial charge in [-0.25, -0.2) is 9.37 Å². The zero-order chi connectivity index (χ0) is 14.8. The number of rotatable bonds is 3. The molecule has 108 valence electrons. The molecular weight excluding hydrogens is 298 g/mol. The lowest BCUT2D eigenvalue weighted by Gasteiger charge is -2.31. The highest BCUT2D eigenvalue weighted by Gasteiger charge is 2.58. The molecule has 0 radical (unpaired) electrons. The molecule has 1 aromatic heterocycles. The van der Waals surface area contributed by atoms with Crippen LogP contribution in [0.5, 0.6) is 0 Å². The minimum atomic E-state index is -5.00. The Balaban J connectivity index is 2.22. The van der Waals surface area contributed by atoms with Crippen LogP contribution in [0.1, 0.15) is 11.6 Å². The molecule has 0 amide bonds. The highest BCUT2D eigenvalue weighted by Crippen LogP contribution is 2.44. The Morgan fingerprint density at radius 2 is 2.15 bits per heavy atom. The second kappa shape index (κ2) is 5.44. The van der Waals surface area contributed by atoms with Gasteiger partial charge in [0.05, 0.1) is 11.6 Å². The predicted molar refractivity (Wildman–Crippen MR) is 66.8 cm³/mol. The molecule has 0 fully saturated rings. The number of oxazole rings is 1. The zero-order valence-electron chi connectivity index (χ0n) is 10.1. The summed E-state index contributed by atoms with van der Waals surface area (Å²) in [6.45, 7) is 0. The molecule has 2 unspecified atom stereocenters. The van der Waals surface area contributed by atoms with Gasteiger partial charge in [-0.2, -0.15) is 13.2 Å². The van der Waals surface area contributed by atoms with Gasteiger partial charge in [0.1, 0.15) is 6.26 Å². The van der Waals surface area contributed by atoms with Gasteiger partial charge in [0.25, 0.3) is 0 Å². The maximum atomic E-state index is 14.1. The smallest absolute Gasteiger partial charge is 0.427 e. The first-order chi connectivity index (χ1) is 9.37. The molecular formula is C13H10ClF4NO. The Morgan fingerprint density at radius 1 is 1.40 bits per heavy atom.